The van der Waals surface area contributed by atoms with E-state index in [0.717, 1.165) is 3.57 Å². The Bertz CT molecular complexity index is 541. The van der Waals surface area contributed by atoms with E-state index >= 15 is 0 Å². The van der Waals surface area contributed by atoms with Crippen LogP contribution in [0.5, 0.6) is 5.75 Å². The number of carboxylic acids is 1. The molecule has 5 nitrogen and oxygen atoms in total. The molecule has 0 aromatic heterocycles. The van der Waals surface area contributed by atoms with Gasteiger partial charge < -0.3 is 15.2 Å². The smallest absolute Gasteiger partial charge is 0.326 e. The molecule has 8 heteroatoms. The van der Waals surface area contributed by atoms with Crippen LogP contribution in [0.4, 0.5) is 0 Å². The average Bonchev–Trinajstić information content (AvgIpc) is 2.45. The largest absolute Gasteiger partial charge is 0.496 e. The second-order valence-electron chi connectivity index (χ2n) is 4.11. The predicted octanol–water partition coefficient (Wildman–Crippen LogP) is 2.89. The van der Waals surface area contributed by atoms with Crippen molar-refractivity contribution in [2.24, 2.45) is 0 Å². The molecule has 1 aromatic rings. The van der Waals surface area contributed by atoms with Crippen molar-refractivity contribution in [2.45, 2.75) is 12.5 Å². The van der Waals surface area contributed by atoms with E-state index < -0.39 is 17.9 Å². The minimum absolute atomic E-state index is 0.221. The number of carboxylic acid groups (broad SMARTS) is 1. The highest BCUT2D eigenvalue weighted by molar-refractivity contribution is 14.1. The molecule has 1 atom stereocenters. The number of benzene rings is 1. The fraction of sp³-hybridized carbons (Fsp3) is 0.385. The van der Waals surface area contributed by atoms with Crippen molar-refractivity contribution in [1.82, 2.24) is 5.32 Å². The summed E-state index contributed by atoms with van der Waals surface area (Å²) in [5.74, 6) is -0.580. The summed E-state index contributed by atoms with van der Waals surface area (Å²) in [6.45, 7) is 0. The monoisotopic (exact) mass is 443 g/mol. The first kappa shape index (κ1) is 18.4. The molecule has 116 valence electrons. The highest BCUT2D eigenvalue weighted by atomic mass is 127. The summed E-state index contributed by atoms with van der Waals surface area (Å²) in [5, 5.41) is 12.0. The second kappa shape index (κ2) is 8.70. The Morgan fingerprint density at radius 1 is 1.52 bits per heavy atom. The average molecular weight is 444 g/mol. The third-order valence-corrected chi connectivity index (χ3v) is 4.87. The molecule has 0 saturated heterocycles. The number of aliphatic carboxylic acids is 1. The number of halogens is 2. The summed E-state index contributed by atoms with van der Waals surface area (Å²) in [6.07, 6.45) is 2.23. The Kier molecular flexibility index (Phi) is 7.61. The first-order valence-electron chi connectivity index (χ1n) is 5.96. The highest BCUT2D eigenvalue weighted by Crippen LogP contribution is 2.28. The van der Waals surface area contributed by atoms with Crippen LogP contribution >= 0.6 is 46.0 Å². The zero-order chi connectivity index (χ0) is 16.0. The van der Waals surface area contributed by atoms with E-state index in [2.05, 4.69) is 5.32 Å². The molecule has 2 N–H and O–H groups in total. The van der Waals surface area contributed by atoms with Crippen molar-refractivity contribution in [3.8, 4) is 5.75 Å². The Balaban J connectivity index is 2.96. The van der Waals surface area contributed by atoms with Gasteiger partial charge in [0.15, 0.2) is 0 Å². The molecule has 1 aromatic carbocycles. The fourth-order valence-corrected chi connectivity index (χ4v) is 2.68. The second-order valence-corrected chi connectivity index (χ2v) is 6.67. The summed E-state index contributed by atoms with van der Waals surface area (Å²) in [6, 6.07) is 2.17. The minimum atomic E-state index is -1.06. The standard InChI is InChI=1S/C13H15ClINO4S/c1-20-11-6-9(15)8(14)5-7(11)12(17)16-10(13(18)19)3-4-21-2/h5-6,10H,3-4H2,1-2H3,(H,16,17)(H,18,19)/t10-/m1/s1. The van der Waals surface area contributed by atoms with E-state index in [1.165, 1.54) is 24.9 Å². The summed E-state index contributed by atoms with van der Waals surface area (Å²) in [5.41, 5.74) is 0.221. The number of ether oxygens (including phenoxy) is 1. The van der Waals surface area contributed by atoms with E-state index in [0.29, 0.717) is 22.9 Å². The first-order chi connectivity index (χ1) is 9.90. The molecular formula is C13H15ClINO4S. The number of rotatable bonds is 7. The minimum Gasteiger partial charge on any atom is -0.496 e. The zero-order valence-electron chi connectivity index (χ0n) is 11.5. The lowest BCUT2D eigenvalue weighted by Gasteiger charge is -2.16. The maximum Gasteiger partial charge on any atom is 0.326 e. The van der Waals surface area contributed by atoms with E-state index in [4.69, 9.17) is 21.4 Å². The van der Waals surface area contributed by atoms with Crippen LogP contribution in [-0.2, 0) is 4.79 Å². The van der Waals surface area contributed by atoms with Gasteiger partial charge in [-0.1, -0.05) is 11.6 Å². The van der Waals surface area contributed by atoms with Gasteiger partial charge in [-0.15, -0.1) is 0 Å². The Morgan fingerprint density at radius 2 is 2.19 bits per heavy atom. The molecule has 0 radical (unpaired) electrons. The van der Waals surface area contributed by atoms with Crippen molar-refractivity contribution >= 4 is 57.8 Å². The van der Waals surface area contributed by atoms with Crippen LogP contribution in [0.25, 0.3) is 0 Å². The molecule has 0 fully saturated rings. The Morgan fingerprint density at radius 3 is 2.71 bits per heavy atom. The van der Waals surface area contributed by atoms with Crippen LogP contribution in [-0.4, -0.2) is 42.1 Å². The van der Waals surface area contributed by atoms with E-state index in [1.807, 2.05) is 28.8 Å². The molecule has 0 heterocycles. The van der Waals surface area contributed by atoms with Crippen LogP contribution in [0.1, 0.15) is 16.8 Å². The zero-order valence-corrected chi connectivity index (χ0v) is 15.2. The van der Waals surface area contributed by atoms with Crippen LogP contribution < -0.4 is 10.1 Å². The summed E-state index contributed by atoms with van der Waals surface area (Å²) in [4.78, 5) is 23.4. The van der Waals surface area contributed by atoms with Gasteiger partial charge in [0.25, 0.3) is 5.91 Å². The van der Waals surface area contributed by atoms with Gasteiger partial charge in [-0.05, 0) is 53.2 Å². The molecule has 0 spiro atoms. The summed E-state index contributed by atoms with van der Waals surface area (Å²) < 4.78 is 5.90. The predicted molar refractivity (Wildman–Crippen MR) is 92.6 cm³/mol. The summed E-state index contributed by atoms with van der Waals surface area (Å²) in [7, 11) is 1.44. The quantitative estimate of drug-likeness (QED) is 0.634. The molecule has 1 rings (SSSR count). The number of hydrogen-bond acceptors (Lipinski definition) is 4. The normalized spacial score (nSPS) is 11.8. The lowest BCUT2D eigenvalue weighted by Crippen LogP contribution is -2.41. The third kappa shape index (κ3) is 5.23. The molecule has 0 saturated carbocycles. The number of thioether (sulfide) groups is 1. The van der Waals surface area contributed by atoms with Gasteiger partial charge >= 0.3 is 5.97 Å². The van der Waals surface area contributed by atoms with Gasteiger partial charge in [0, 0.05) is 3.57 Å². The molecule has 0 aliphatic carbocycles. The van der Waals surface area contributed by atoms with Gasteiger partial charge in [-0.2, -0.15) is 11.8 Å². The number of carbonyl (C=O) groups excluding carboxylic acids is 1. The van der Waals surface area contributed by atoms with Crippen molar-refractivity contribution < 1.29 is 19.4 Å². The van der Waals surface area contributed by atoms with Crippen LogP contribution in [0.3, 0.4) is 0 Å². The third-order valence-electron chi connectivity index (χ3n) is 2.70. The SMILES string of the molecule is COc1cc(I)c(Cl)cc1C(=O)N[C@H](CCSC)C(=O)O. The lowest BCUT2D eigenvalue weighted by molar-refractivity contribution is -0.139. The molecule has 0 aliphatic heterocycles. The van der Waals surface area contributed by atoms with E-state index in [-0.39, 0.29) is 5.56 Å². The number of methoxy groups -OCH3 is 1. The van der Waals surface area contributed by atoms with E-state index in [9.17, 15) is 9.59 Å². The van der Waals surface area contributed by atoms with Gasteiger partial charge in [0.05, 0.1) is 17.7 Å². The highest BCUT2D eigenvalue weighted by Gasteiger charge is 2.22. The number of amides is 1. The van der Waals surface area contributed by atoms with Crippen molar-refractivity contribution in [1.29, 1.82) is 0 Å². The first-order valence-corrected chi connectivity index (χ1v) is 8.81. The lowest BCUT2D eigenvalue weighted by atomic mass is 10.1. The fourth-order valence-electron chi connectivity index (χ4n) is 1.60. The number of nitrogens with one attached hydrogen (secondary N) is 1. The van der Waals surface area contributed by atoms with Gasteiger partial charge in [0.1, 0.15) is 11.8 Å². The van der Waals surface area contributed by atoms with Gasteiger partial charge in [0.2, 0.25) is 0 Å². The maximum atomic E-state index is 12.2. The number of carbonyl (C=O) groups is 2. The molecular weight excluding hydrogens is 429 g/mol. The topological polar surface area (TPSA) is 75.6 Å². The van der Waals surface area contributed by atoms with Crippen LogP contribution in [0.2, 0.25) is 5.02 Å². The molecule has 21 heavy (non-hydrogen) atoms. The molecule has 0 bridgehead atoms. The Hall–Kier alpha value is -0.670. The molecule has 0 unspecified atom stereocenters. The Labute approximate surface area is 145 Å². The van der Waals surface area contributed by atoms with Crippen molar-refractivity contribution in [2.75, 3.05) is 19.1 Å². The molecule has 0 aliphatic rings. The van der Waals surface area contributed by atoms with Crippen LogP contribution in [0.15, 0.2) is 12.1 Å². The number of hydrogen-bond donors (Lipinski definition) is 2. The van der Waals surface area contributed by atoms with Crippen molar-refractivity contribution in [3.05, 3.63) is 26.3 Å². The van der Waals surface area contributed by atoms with Crippen molar-refractivity contribution in [3.63, 3.8) is 0 Å². The summed E-state index contributed by atoms with van der Waals surface area (Å²) >= 11 is 9.56. The van der Waals surface area contributed by atoms with Gasteiger partial charge in [-0.3, -0.25) is 4.79 Å². The van der Waals surface area contributed by atoms with E-state index in [1.54, 1.807) is 6.07 Å². The molecule has 1 amide bonds. The van der Waals surface area contributed by atoms with Crippen LogP contribution in [0, 0.1) is 3.57 Å². The maximum absolute atomic E-state index is 12.2. The van der Waals surface area contributed by atoms with Gasteiger partial charge in [-0.25, -0.2) is 4.79 Å².